The Bertz CT molecular complexity index is 350. The second-order valence-electron chi connectivity index (χ2n) is 4.70. The monoisotopic (exact) mass is 234 g/mol. The fourth-order valence-corrected chi connectivity index (χ4v) is 2.13. The summed E-state index contributed by atoms with van der Waals surface area (Å²) in [6.07, 6.45) is 2.92. The zero-order valence-electron chi connectivity index (χ0n) is 10.9. The van der Waals surface area contributed by atoms with E-state index >= 15 is 0 Å². The number of carboxylic acids is 1. The zero-order chi connectivity index (χ0) is 12.8. The molecule has 0 saturated heterocycles. The van der Waals surface area contributed by atoms with Crippen molar-refractivity contribution >= 4 is 5.97 Å². The third kappa shape index (κ3) is 3.88. The van der Waals surface area contributed by atoms with Crippen LogP contribution in [0.3, 0.4) is 0 Å². The van der Waals surface area contributed by atoms with Gasteiger partial charge in [0, 0.05) is 0 Å². The molecule has 0 aliphatic carbocycles. The van der Waals surface area contributed by atoms with Crippen molar-refractivity contribution in [2.75, 3.05) is 0 Å². The topological polar surface area (TPSA) is 37.3 Å². The van der Waals surface area contributed by atoms with E-state index in [1.165, 1.54) is 5.56 Å². The number of hydrogen-bond acceptors (Lipinski definition) is 1. The highest BCUT2D eigenvalue weighted by Crippen LogP contribution is 2.23. The molecule has 94 valence electrons. The maximum atomic E-state index is 10.8. The van der Waals surface area contributed by atoms with Crippen LogP contribution in [0.25, 0.3) is 0 Å². The van der Waals surface area contributed by atoms with Crippen LogP contribution in [-0.4, -0.2) is 11.1 Å². The largest absolute Gasteiger partial charge is 0.481 e. The molecule has 0 spiro atoms. The molecule has 1 unspecified atom stereocenters. The Morgan fingerprint density at radius 2 is 1.71 bits per heavy atom. The number of benzene rings is 1. The van der Waals surface area contributed by atoms with Gasteiger partial charge in [0.05, 0.1) is 5.92 Å². The van der Waals surface area contributed by atoms with Gasteiger partial charge in [-0.25, -0.2) is 0 Å². The quantitative estimate of drug-likeness (QED) is 0.811. The van der Waals surface area contributed by atoms with Gasteiger partial charge in [0.25, 0.3) is 0 Å². The second kappa shape index (κ2) is 6.43. The van der Waals surface area contributed by atoms with E-state index < -0.39 is 5.97 Å². The molecule has 0 aliphatic rings. The van der Waals surface area contributed by atoms with Crippen LogP contribution in [0.5, 0.6) is 0 Å². The Balaban J connectivity index is 2.71. The first-order valence-electron chi connectivity index (χ1n) is 6.40. The normalized spacial score (nSPS) is 12.7. The molecule has 2 nitrogen and oxygen atoms in total. The van der Waals surface area contributed by atoms with Gasteiger partial charge in [0.2, 0.25) is 0 Å². The molecule has 1 aromatic rings. The molecule has 0 heterocycles. The Kier molecular flexibility index (Phi) is 5.20. The third-order valence-electron chi connectivity index (χ3n) is 3.40. The van der Waals surface area contributed by atoms with Crippen LogP contribution >= 0.6 is 0 Å². The lowest BCUT2D eigenvalue weighted by Crippen LogP contribution is -2.12. The van der Waals surface area contributed by atoms with Gasteiger partial charge in [-0.3, -0.25) is 4.79 Å². The fourth-order valence-electron chi connectivity index (χ4n) is 2.13. The van der Waals surface area contributed by atoms with Crippen molar-refractivity contribution < 1.29 is 9.90 Å². The number of carboxylic acid groups (broad SMARTS) is 1. The first-order valence-corrected chi connectivity index (χ1v) is 6.40. The highest BCUT2D eigenvalue weighted by Gasteiger charge is 2.12. The van der Waals surface area contributed by atoms with E-state index in [1.807, 2.05) is 0 Å². The molecule has 2 heteroatoms. The summed E-state index contributed by atoms with van der Waals surface area (Å²) in [5.74, 6) is -0.413. The van der Waals surface area contributed by atoms with E-state index in [-0.39, 0.29) is 5.92 Å². The number of aliphatic carboxylic acids is 1. The van der Waals surface area contributed by atoms with Crippen molar-refractivity contribution in [1.82, 2.24) is 0 Å². The smallest absolute Gasteiger partial charge is 0.306 e. The molecule has 1 rings (SSSR count). The van der Waals surface area contributed by atoms with Crippen molar-refractivity contribution in [1.29, 1.82) is 0 Å². The number of hydrogen-bond donors (Lipinski definition) is 1. The first kappa shape index (κ1) is 13.8. The van der Waals surface area contributed by atoms with Gasteiger partial charge in [-0.2, -0.15) is 0 Å². The van der Waals surface area contributed by atoms with E-state index in [1.54, 1.807) is 6.92 Å². The van der Waals surface area contributed by atoms with Crippen LogP contribution in [0.2, 0.25) is 0 Å². The molecule has 1 atom stereocenters. The Hall–Kier alpha value is -1.31. The van der Waals surface area contributed by atoms with E-state index in [2.05, 4.69) is 38.1 Å². The average molecular weight is 234 g/mol. The highest BCUT2D eigenvalue weighted by molar-refractivity contribution is 5.69. The van der Waals surface area contributed by atoms with Gasteiger partial charge < -0.3 is 5.11 Å². The summed E-state index contributed by atoms with van der Waals surface area (Å²) in [4.78, 5) is 10.8. The summed E-state index contributed by atoms with van der Waals surface area (Å²) in [7, 11) is 0. The van der Waals surface area contributed by atoms with Gasteiger partial charge in [0.15, 0.2) is 0 Å². The molecular weight excluding hydrogens is 212 g/mol. The third-order valence-corrected chi connectivity index (χ3v) is 3.40. The summed E-state index contributed by atoms with van der Waals surface area (Å²) >= 11 is 0. The second-order valence-corrected chi connectivity index (χ2v) is 4.70. The van der Waals surface area contributed by atoms with Crippen molar-refractivity contribution in [3.8, 4) is 0 Å². The molecule has 0 aromatic heterocycles. The minimum atomic E-state index is -0.728. The summed E-state index contributed by atoms with van der Waals surface area (Å²) in [6.45, 7) is 6.15. The molecule has 17 heavy (non-hydrogen) atoms. The van der Waals surface area contributed by atoms with E-state index in [0.29, 0.717) is 12.3 Å². The van der Waals surface area contributed by atoms with Crippen molar-refractivity contribution in [3.05, 3.63) is 35.4 Å². The molecule has 0 bridgehead atoms. The van der Waals surface area contributed by atoms with Gasteiger partial charge >= 0.3 is 5.97 Å². The lowest BCUT2D eigenvalue weighted by Gasteiger charge is -2.13. The number of rotatable bonds is 6. The summed E-state index contributed by atoms with van der Waals surface area (Å²) in [5, 5.41) is 8.86. The van der Waals surface area contributed by atoms with E-state index in [9.17, 15) is 4.79 Å². The molecule has 0 aliphatic heterocycles. The molecule has 0 radical (unpaired) electrons. The van der Waals surface area contributed by atoms with Crippen molar-refractivity contribution in [3.63, 3.8) is 0 Å². The summed E-state index contributed by atoms with van der Waals surface area (Å²) < 4.78 is 0. The first-order chi connectivity index (χ1) is 8.08. The standard InChI is InChI=1S/C15H22O2/c1-4-13(5-2)14-8-6-12(7-9-14)10-11(3)15(16)17/h6-9,11,13H,4-5,10H2,1-3H3,(H,16,17). The van der Waals surface area contributed by atoms with Gasteiger partial charge in [-0.05, 0) is 36.3 Å². The van der Waals surface area contributed by atoms with Crippen LogP contribution < -0.4 is 0 Å². The maximum absolute atomic E-state index is 10.8. The van der Waals surface area contributed by atoms with Crippen molar-refractivity contribution in [2.45, 2.75) is 46.0 Å². The van der Waals surface area contributed by atoms with Gasteiger partial charge in [-0.15, -0.1) is 0 Å². The predicted molar refractivity (Wildman–Crippen MR) is 70.3 cm³/mol. The molecule has 1 N–H and O–H groups in total. The Morgan fingerprint density at radius 1 is 1.18 bits per heavy atom. The molecule has 0 amide bonds. The summed E-state index contributed by atoms with van der Waals surface area (Å²) in [5.41, 5.74) is 2.47. The average Bonchev–Trinajstić information content (AvgIpc) is 2.32. The lowest BCUT2D eigenvalue weighted by molar-refractivity contribution is -0.141. The fraction of sp³-hybridized carbons (Fsp3) is 0.533. The number of carbonyl (C=O) groups is 1. The van der Waals surface area contributed by atoms with Crippen LogP contribution in [0.15, 0.2) is 24.3 Å². The molecular formula is C15H22O2. The van der Waals surface area contributed by atoms with Crippen LogP contribution in [0.4, 0.5) is 0 Å². The molecule has 0 saturated carbocycles. The molecule has 0 fully saturated rings. The Morgan fingerprint density at radius 3 is 2.12 bits per heavy atom. The predicted octanol–water partition coefficient (Wildman–Crippen LogP) is 3.85. The highest BCUT2D eigenvalue weighted by atomic mass is 16.4. The minimum Gasteiger partial charge on any atom is -0.481 e. The van der Waals surface area contributed by atoms with E-state index in [4.69, 9.17) is 5.11 Å². The SMILES string of the molecule is CCC(CC)c1ccc(CC(C)C(=O)O)cc1. The Labute approximate surface area is 104 Å². The van der Waals surface area contributed by atoms with Crippen molar-refractivity contribution in [2.24, 2.45) is 5.92 Å². The van der Waals surface area contributed by atoms with Gasteiger partial charge in [0.1, 0.15) is 0 Å². The molecule has 1 aromatic carbocycles. The van der Waals surface area contributed by atoms with Gasteiger partial charge in [-0.1, -0.05) is 45.0 Å². The van der Waals surface area contributed by atoms with E-state index in [0.717, 1.165) is 18.4 Å². The summed E-state index contributed by atoms with van der Waals surface area (Å²) in [6, 6.07) is 8.41. The zero-order valence-corrected chi connectivity index (χ0v) is 10.9. The van der Waals surface area contributed by atoms with Crippen LogP contribution in [-0.2, 0) is 11.2 Å². The van der Waals surface area contributed by atoms with Crippen LogP contribution in [0, 0.1) is 5.92 Å². The minimum absolute atomic E-state index is 0.311. The lowest BCUT2D eigenvalue weighted by atomic mass is 9.92. The maximum Gasteiger partial charge on any atom is 0.306 e. The van der Waals surface area contributed by atoms with Crippen LogP contribution in [0.1, 0.15) is 50.7 Å².